The second-order valence-corrected chi connectivity index (χ2v) is 5.16. The fourth-order valence-corrected chi connectivity index (χ4v) is 2.51. The summed E-state index contributed by atoms with van der Waals surface area (Å²) in [4.78, 5) is 1.46. The zero-order chi connectivity index (χ0) is 13.3. The van der Waals surface area contributed by atoms with Crippen molar-refractivity contribution in [1.82, 2.24) is 0 Å². The third-order valence-electron chi connectivity index (χ3n) is 2.60. The van der Waals surface area contributed by atoms with Crippen LogP contribution in [0.3, 0.4) is 0 Å². The van der Waals surface area contributed by atoms with Crippen molar-refractivity contribution in [3.63, 3.8) is 0 Å². The summed E-state index contributed by atoms with van der Waals surface area (Å²) in [6, 6.07) is 8.53. The molecule has 0 atom stereocenters. The summed E-state index contributed by atoms with van der Waals surface area (Å²) >= 11 is 1.34. The molecule has 4 nitrogen and oxygen atoms in total. The molecule has 7 N–H and O–H groups in total. The highest BCUT2D eigenvalue weighted by molar-refractivity contribution is 7.99. The van der Waals surface area contributed by atoms with Crippen molar-refractivity contribution in [2.24, 2.45) is 0 Å². The fourth-order valence-electron chi connectivity index (χ4n) is 1.55. The molecular formula is C13H15N3OS. The van der Waals surface area contributed by atoms with Crippen LogP contribution in [0.1, 0.15) is 5.56 Å². The average molecular weight is 261 g/mol. The first kappa shape index (κ1) is 12.4. The lowest BCUT2D eigenvalue weighted by Crippen LogP contribution is -1.95. The molecule has 0 bridgehead atoms. The molecule has 0 aliphatic carbocycles. The minimum absolute atomic E-state index is 0.174. The van der Waals surface area contributed by atoms with E-state index >= 15 is 0 Å². The molecule has 0 radical (unpaired) electrons. The molecule has 0 amide bonds. The third kappa shape index (κ3) is 2.46. The topological polar surface area (TPSA) is 98.3 Å². The lowest BCUT2D eigenvalue weighted by Gasteiger charge is -2.10. The van der Waals surface area contributed by atoms with Gasteiger partial charge in [-0.05, 0) is 42.8 Å². The molecule has 0 aromatic heterocycles. The monoisotopic (exact) mass is 261 g/mol. The van der Waals surface area contributed by atoms with Crippen LogP contribution in [0, 0.1) is 6.92 Å². The molecule has 0 spiro atoms. The number of benzene rings is 2. The van der Waals surface area contributed by atoms with Gasteiger partial charge >= 0.3 is 0 Å². The van der Waals surface area contributed by atoms with E-state index in [4.69, 9.17) is 17.2 Å². The first-order valence-electron chi connectivity index (χ1n) is 5.39. The summed E-state index contributed by atoms with van der Waals surface area (Å²) in [6.45, 7) is 1.90. The van der Waals surface area contributed by atoms with Gasteiger partial charge in [0.1, 0.15) is 5.75 Å². The summed E-state index contributed by atoms with van der Waals surface area (Å²) < 4.78 is 0. The number of aryl methyl sites for hydroxylation is 1. The number of nitrogen functional groups attached to an aromatic ring is 3. The van der Waals surface area contributed by atoms with Gasteiger partial charge in [0, 0.05) is 22.0 Å². The predicted molar refractivity (Wildman–Crippen MR) is 76.6 cm³/mol. The van der Waals surface area contributed by atoms with Crippen LogP contribution in [0.5, 0.6) is 5.75 Å². The maximum Gasteiger partial charge on any atom is 0.129 e. The Morgan fingerprint density at radius 2 is 1.67 bits per heavy atom. The Hall–Kier alpha value is -2.01. The summed E-state index contributed by atoms with van der Waals surface area (Å²) in [7, 11) is 0. The second kappa shape index (κ2) is 4.70. The van der Waals surface area contributed by atoms with E-state index in [0.717, 1.165) is 10.5 Å². The van der Waals surface area contributed by atoms with Gasteiger partial charge in [0.15, 0.2) is 0 Å². The van der Waals surface area contributed by atoms with E-state index in [0.29, 0.717) is 22.0 Å². The second-order valence-electron chi connectivity index (χ2n) is 4.08. The largest absolute Gasteiger partial charge is 0.507 e. The van der Waals surface area contributed by atoms with Gasteiger partial charge in [0.05, 0.1) is 4.90 Å². The highest BCUT2D eigenvalue weighted by Crippen LogP contribution is 2.39. The molecule has 5 heteroatoms. The molecule has 18 heavy (non-hydrogen) atoms. The number of phenolic OH excluding ortho intramolecular Hbond substituents is 1. The van der Waals surface area contributed by atoms with Crippen molar-refractivity contribution in [2.45, 2.75) is 16.7 Å². The van der Waals surface area contributed by atoms with Gasteiger partial charge in [-0.15, -0.1) is 0 Å². The van der Waals surface area contributed by atoms with Gasteiger partial charge in [0.25, 0.3) is 0 Å². The Bertz CT molecular complexity index is 599. The number of nitrogens with two attached hydrogens (primary N) is 3. The van der Waals surface area contributed by atoms with Crippen LogP contribution in [0.4, 0.5) is 17.1 Å². The van der Waals surface area contributed by atoms with Gasteiger partial charge in [-0.1, -0.05) is 11.8 Å². The van der Waals surface area contributed by atoms with Crippen molar-refractivity contribution in [2.75, 3.05) is 17.2 Å². The summed E-state index contributed by atoms with van der Waals surface area (Å²) in [5.41, 5.74) is 20.3. The standard InChI is InChI=1S/C13H15N3OS/c1-7-4-10(16)12(6-9(7)15)18-13-5-8(14)2-3-11(13)17/h2-6,17H,14-16H2,1H3. The molecule has 2 aromatic rings. The van der Waals surface area contributed by atoms with Crippen molar-refractivity contribution >= 4 is 28.8 Å². The number of aromatic hydroxyl groups is 1. The summed E-state index contributed by atoms with van der Waals surface area (Å²) in [5, 5.41) is 9.76. The summed E-state index contributed by atoms with van der Waals surface area (Å²) in [6.07, 6.45) is 0. The zero-order valence-electron chi connectivity index (χ0n) is 9.97. The number of anilines is 3. The zero-order valence-corrected chi connectivity index (χ0v) is 10.8. The van der Waals surface area contributed by atoms with Crippen molar-refractivity contribution in [3.8, 4) is 5.75 Å². The minimum atomic E-state index is 0.174. The Balaban J connectivity index is 2.40. The van der Waals surface area contributed by atoms with E-state index in [-0.39, 0.29) is 5.75 Å². The number of hydrogen-bond donors (Lipinski definition) is 4. The maximum atomic E-state index is 9.76. The number of hydrogen-bond acceptors (Lipinski definition) is 5. The number of rotatable bonds is 2. The van der Waals surface area contributed by atoms with Gasteiger partial charge in [0.2, 0.25) is 0 Å². The van der Waals surface area contributed by atoms with Crippen LogP contribution in [-0.4, -0.2) is 5.11 Å². The molecule has 0 aliphatic heterocycles. The van der Waals surface area contributed by atoms with Gasteiger partial charge in [-0.2, -0.15) is 0 Å². The van der Waals surface area contributed by atoms with E-state index in [1.54, 1.807) is 24.3 Å². The van der Waals surface area contributed by atoms with Gasteiger partial charge < -0.3 is 22.3 Å². The van der Waals surface area contributed by atoms with Crippen LogP contribution in [0.25, 0.3) is 0 Å². The van der Waals surface area contributed by atoms with E-state index in [9.17, 15) is 5.11 Å². The molecule has 0 unspecified atom stereocenters. The lowest BCUT2D eigenvalue weighted by atomic mass is 10.2. The van der Waals surface area contributed by atoms with Crippen LogP contribution < -0.4 is 17.2 Å². The van der Waals surface area contributed by atoms with Gasteiger partial charge in [-0.25, -0.2) is 0 Å². The first-order chi connectivity index (χ1) is 8.47. The Labute approximate surface area is 110 Å². The van der Waals surface area contributed by atoms with Crippen LogP contribution in [-0.2, 0) is 0 Å². The average Bonchev–Trinajstić information content (AvgIpc) is 2.30. The quantitative estimate of drug-likeness (QED) is 0.492. The molecule has 0 fully saturated rings. The number of phenols is 1. The molecule has 94 valence electrons. The molecule has 2 aromatic carbocycles. The predicted octanol–water partition coefficient (Wildman–Crippen LogP) is 2.60. The Kier molecular flexibility index (Phi) is 3.25. The molecule has 0 aliphatic rings. The van der Waals surface area contributed by atoms with Crippen LogP contribution >= 0.6 is 11.8 Å². The highest BCUT2D eigenvalue weighted by atomic mass is 32.2. The highest BCUT2D eigenvalue weighted by Gasteiger charge is 2.08. The third-order valence-corrected chi connectivity index (χ3v) is 3.72. The van der Waals surface area contributed by atoms with Crippen LogP contribution in [0.15, 0.2) is 40.1 Å². The maximum absolute atomic E-state index is 9.76. The fraction of sp³-hybridized carbons (Fsp3) is 0.0769. The van der Waals surface area contributed by atoms with Gasteiger partial charge in [-0.3, -0.25) is 0 Å². The first-order valence-corrected chi connectivity index (χ1v) is 6.21. The van der Waals surface area contributed by atoms with E-state index < -0.39 is 0 Å². The molecule has 0 heterocycles. The SMILES string of the molecule is Cc1cc(N)c(Sc2cc(N)ccc2O)cc1N. The Morgan fingerprint density at radius 1 is 0.944 bits per heavy atom. The van der Waals surface area contributed by atoms with Crippen molar-refractivity contribution < 1.29 is 5.11 Å². The molecule has 0 saturated heterocycles. The van der Waals surface area contributed by atoms with E-state index in [2.05, 4.69) is 0 Å². The van der Waals surface area contributed by atoms with E-state index in [1.807, 2.05) is 13.0 Å². The Morgan fingerprint density at radius 3 is 2.39 bits per heavy atom. The normalized spacial score (nSPS) is 10.5. The van der Waals surface area contributed by atoms with Crippen molar-refractivity contribution in [1.29, 1.82) is 0 Å². The lowest BCUT2D eigenvalue weighted by molar-refractivity contribution is 0.462. The van der Waals surface area contributed by atoms with Crippen molar-refractivity contribution in [3.05, 3.63) is 35.9 Å². The molecular weight excluding hydrogens is 246 g/mol. The van der Waals surface area contributed by atoms with Crippen LogP contribution in [0.2, 0.25) is 0 Å². The molecule has 2 rings (SSSR count). The summed E-state index contributed by atoms with van der Waals surface area (Å²) in [5.74, 6) is 0.174. The smallest absolute Gasteiger partial charge is 0.129 e. The molecule has 0 saturated carbocycles. The minimum Gasteiger partial charge on any atom is -0.507 e. The van der Waals surface area contributed by atoms with E-state index in [1.165, 1.54) is 11.8 Å².